The number of urea groups is 1. The highest BCUT2D eigenvalue weighted by molar-refractivity contribution is 5.95. The Balaban J connectivity index is 1.64. The van der Waals surface area contributed by atoms with Crippen molar-refractivity contribution in [2.45, 2.75) is 26.4 Å². The first-order valence-electron chi connectivity index (χ1n) is 9.89. The van der Waals surface area contributed by atoms with Gasteiger partial charge in [0.2, 0.25) is 0 Å². The molecule has 0 bridgehead atoms. The fourth-order valence-electron chi connectivity index (χ4n) is 2.73. The van der Waals surface area contributed by atoms with E-state index in [9.17, 15) is 9.59 Å². The molecule has 156 valence electrons. The van der Waals surface area contributed by atoms with Gasteiger partial charge >= 0.3 is 6.03 Å². The van der Waals surface area contributed by atoms with Gasteiger partial charge in [-0.05, 0) is 44.5 Å². The van der Waals surface area contributed by atoms with Gasteiger partial charge in [-0.25, -0.2) is 4.79 Å². The maximum Gasteiger partial charge on any atom is 0.319 e. The van der Waals surface area contributed by atoms with E-state index in [-0.39, 0.29) is 18.0 Å². The molecule has 28 heavy (non-hydrogen) atoms. The molecule has 0 saturated carbocycles. The number of morpholine rings is 1. The van der Waals surface area contributed by atoms with Crippen molar-refractivity contribution in [3.63, 3.8) is 0 Å². The van der Waals surface area contributed by atoms with Crippen LogP contribution in [0.25, 0.3) is 0 Å². The number of carbonyl (C=O) groups is 2. The fraction of sp³-hybridized carbons (Fsp3) is 0.600. The van der Waals surface area contributed by atoms with Gasteiger partial charge in [0, 0.05) is 50.6 Å². The van der Waals surface area contributed by atoms with E-state index in [2.05, 4.69) is 20.9 Å². The van der Waals surface area contributed by atoms with Crippen LogP contribution in [-0.4, -0.2) is 75.5 Å². The molecule has 8 heteroatoms. The van der Waals surface area contributed by atoms with Gasteiger partial charge in [0.1, 0.15) is 0 Å². The van der Waals surface area contributed by atoms with Crippen LogP contribution in [0, 0.1) is 0 Å². The third kappa shape index (κ3) is 8.69. The van der Waals surface area contributed by atoms with Gasteiger partial charge in [-0.15, -0.1) is 0 Å². The van der Waals surface area contributed by atoms with Crippen LogP contribution in [-0.2, 0) is 9.47 Å². The van der Waals surface area contributed by atoms with Crippen LogP contribution in [0.5, 0.6) is 0 Å². The van der Waals surface area contributed by atoms with Gasteiger partial charge in [-0.3, -0.25) is 9.69 Å². The van der Waals surface area contributed by atoms with Gasteiger partial charge in [0.05, 0.1) is 19.3 Å². The van der Waals surface area contributed by atoms with Crippen molar-refractivity contribution in [1.29, 1.82) is 0 Å². The molecule has 0 atom stereocenters. The number of nitrogens with zero attached hydrogens (tertiary/aromatic N) is 1. The summed E-state index contributed by atoms with van der Waals surface area (Å²) in [7, 11) is 0. The second-order valence-corrected chi connectivity index (χ2v) is 6.94. The Morgan fingerprint density at radius 3 is 2.50 bits per heavy atom. The van der Waals surface area contributed by atoms with E-state index in [1.165, 1.54) is 0 Å². The normalized spacial score (nSPS) is 14.7. The predicted octanol–water partition coefficient (Wildman–Crippen LogP) is 1.69. The summed E-state index contributed by atoms with van der Waals surface area (Å²) in [5.41, 5.74) is 1.21. The number of anilines is 1. The first kappa shape index (κ1) is 22.1. The maximum absolute atomic E-state index is 12.2. The first-order valence-corrected chi connectivity index (χ1v) is 9.89. The molecule has 0 radical (unpaired) electrons. The van der Waals surface area contributed by atoms with Gasteiger partial charge < -0.3 is 25.4 Å². The number of benzene rings is 1. The predicted molar refractivity (Wildman–Crippen MR) is 109 cm³/mol. The van der Waals surface area contributed by atoms with E-state index in [4.69, 9.17) is 9.47 Å². The summed E-state index contributed by atoms with van der Waals surface area (Å²) >= 11 is 0. The second-order valence-electron chi connectivity index (χ2n) is 6.94. The molecule has 1 saturated heterocycles. The van der Waals surface area contributed by atoms with Crippen molar-refractivity contribution >= 4 is 17.6 Å². The molecule has 0 unspecified atom stereocenters. The molecule has 8 nitrogen and oxygen atoms in total. The zero-order chi connectivity index (χ0) is 20.2. The van der Waals surface area contributed by atoms with E-state index in [1.807, 2.05) is 13.8 Å². The van der Waals surface area contributed by atoms with Crippen molar-refractivity contribution < 1.29 is 19.1 Å². The van der Waals surface area contributed by atoms with Crippen LogP contribution in [0.15, 0.2) is 24.3 Å². The van der Waals surface area contributed by atoms with Crippen molar-refractivity contribution in [1.82, 2.24) is 15.5 Å². The fourth-order valence-corrected chi connectivity index (χ4v) is 2.73. The number of rotatable bonds is 10. The summed E-state index contributed by atoms with van der Waals surface area (Å²) in [6.07, 6.45) is 0.957. The molecule has 1 aliphatic heterocycles. The number of hydrogen-bond acceptors (Lipinski definition) is 5. The van der Waals surface area contributed by atoms with Crippen LogP contribution in [0.2, 0.25) is 0 Å². The van der Waals surface area contributed by atoms with E-state index >= 15 is 0 Å². The summed E-state index contributed by atoms with van der Waals surface area (Å²) in [6, 6.07) is 6.58. The summed E-state index contributed by atoms with van der Waals surface area (Å²) in [5, 5.41) is 8.45. The largest absolute Gasteiger partial charge is 0.379 e. The first-order chi connectivity index (χ1) is 13.5. The van der Waals surface area contributed by atoms with Crippen molar-refractivity contribution in [3.05, 3.63) is 29.8 Å². The van der Waals surface area contributed by atoms with Crippen molar-refractivity contribution in [2.75, 3.05) is 57.9 Å². The Hall–Kier alpha value is -2.16. The number of ether oxygens (including phenoxy) is 2. The number of carbonyl (C=O) groups excluding carboxylic acids is 2. The molecule has 1 fully saturated rings. The van der Waals surface area contributed by atoms with E-state index in [0.29, 0.717) is 30.9 Å². The summed E-state index contributed by atoms with van der Waals surface area (Å²) in [6.45, 7) is 9.85. The highest BCUT2D eigenvalue weighted by Gasteiger charge is 2.11. The minimum absolute atomic E-state index is 0.116. The Labute approximate surface area is 166 Å². The van der Waals surface area contributed by atoms with Gasteiger partial charge in [0.15, 0.2) is 0 Å². The van der Waals surface area contributed by atoms with Gasteiger partial charge in [-0.2, -0.15) is 0 Å². The minimum atomic E-state index is -0.271. The summed E-state index contributed by atoms with van der Waals surface area (Å²) in [5.74, 6) is -0.116. The Morgan fingerprint density at radius 2 is 1.82 bits per heavy atom. The smallest absolute Gasteiger partial charge is 0.319 e. The molecule has 3 N–H and O–H groups in total. The number of amides is 3. The molecule has 1 aliphatic rings. The third-order valence-electron chi connectivity index (χ3n) is 4.28. The molecule has 1 aromatic rings. The molecule has 0 aliphatic carbocycles. The lowest BCUT2D eigenvalue weighted by Crippen LogP contribution is -2.41. The number of nitrogens with one attached hydrogen (secondary N) is 3. The van der Waals surface area contributed by atoms with E-state index < -0.39 is 0 Å². The average molecular weight is 393 g/mol. The molecule has 0 spiro atoms. The standard InChI is InChI=1S/C20H32N4O4/c1-16(2)28-13-3-8-22-20(26)23-18-6-4-17(5-7-18)19(25)21-9-10-24-11-14-27-15-12-24/h4-7,16H,3,8-15H2,1-2H3,(H,21,25)(H2,22,23,26). The van der Waals surface area contributed by atoms with E-state index in [1.54, 1.807) is 24.3 Å². The van der Waals surface area contributed by atoms with Crippen LogP contribution in [0.1, 0.15) is 30.6 Å². The average Bonchev–Trinajstić information content (AvgIpc) is 2.69. The maximum atomic E-state index is 12.2. The molecular formula is C20H32N4O4. The van der Waals surface area contributed by atoms with Crippen molar-refractivity contribution in [2.24, 2.45) is 0 Å². The summed E-state index contributed by atoms with van der Waals surface area (Å²) in [4.78, 5) is 26.3. The SMILES string of the molecule is CC(C)OCCCNC(=O)Nc1ccc(C(=O)NCCN2CCOCC2)cc1. The zero-order valence-electron chi connectivity index (χ0n) is 16.8. The molecule has 1 heterocycles. The number of hydrogen-bond donors (Lipinski definition) is 3. The molecule has 3 amide bonds. The monoisotopic (exact) mass is 392 g/mol. The highest BCUT2D eigenvalue weighted by Crippen LogP contribution is 2.09. The Kier molecular flexibility index (Phi) is 9.74. The highest BCUT2D eigenvalue weighted by atomic mass is 16.5. The third-order valence-corrected chi connectivity index (χ3v) is 4.28. The van der Waals surface area contributed by atoms with Crippen LogP contribution >= 0.6 is 0 Å². The lowest BCUT2D eigenvalue weighted by atomic mass is 10.2. The van der Waals surface area contributed by atoms with Crippen LogP contribution in [0.4, 0.5) is 10.5 Å². The zero-order valence-corrected chi connectivity index (χ0v) is 16.8. The molecular weight excluding hydrogens is 360 g/mol. The van der Waals surface area contributed by atoms with Gasteiger partial charge in [-0.1, -0.05) is 0 Å². The minimum Gasteiger partial charge on any atom is -0.379 e. The molecule has 2 rings (SSSR count). The quantitative estimate of drug-likeness (QED) is 0.527. The van der Waals surface area contributed by atoms with Crippen molar-refractivity contribution in [3.8, 4) is 0 Å². The lowest BCUT2D eigenvalue weighted by Gasteiger charge is -2.26. The Bertz CT molecular complexity index is 601. The van der Waals surface area contributed by atoms with Gasteiger partial charge in [0.25, 0.3) is 5.91 Å². The Morgan fingerprint density at radius 1 is 1.11 bits per heavy atom. The lowest BCUT2D eigenvalue weighted by molar-refractivity contribution is 0.0383. The van der Waals surface area contributed by atoms with E-state index in [0.717, 1.165) is 39.3 Å². The summed E-state index contributed by atoms with van der Waals surface area (Å²) < 4.78 is 10.7. The van der Waals surface area contributed by atoms with Crippen LogP contribution in [0.3, 0.4) is 0 Å². The van der Waals surface area contributed by atoms with Crippen LogP contribution < -0.4 is 16.0 Å². The topological polar surface area (TPSA) is 91.9 Å². The molecule has 0 aromatic heterocycles. The molecule has 1 aromatic carbocycles. The second kappa shape index (κ2) is 12.3.